The topological polar surface area (TPSA) is 29.9 Å². The fourth-order valence-electron chi connectivity index (χ4n) is 2.40. The van der Waals surface area contributed by atoms with Crippen molar-refractivity contribution in [3.63, 3.8) is 0 Å². The summed E-state index contributed by atoms with van der Waals surface area (Å²) >= 11 is 6.14. The van der Waals surface area contributed by atoms with Crippen molar-refractivity contribution in [3.8, 4) is 11.1 Å². The molecular weight excluding hydrogens is 270 g/mol. The van der Waals surface area contributed by atoms with Crippen molar-refractivity contribution in [3.05, 3.63) is 40.7 Å². The van der Waals surface area contributed by atoms with Crippen LogP contribution in [0.3, 0.4) is 0 Å². The van der Waals surface area contributed by atoms with Gasteiger partial charge >= 0.3 is 0 Å². The van der Waals surface area contributed by atoms with Gasteiger partial charge in [0.1, 0.15) is 0 Å². The standard InChI is InChI=1S/C16H22ClN3/c1-4-8-18-10-13-9-14(17)6-7-15(13)16-11-19-20(5-2)12(16)3/h6-7,9,11,18H,4-5,8,10H2,1-3H3. The summed E-state index contributed by atoms with van der Waals surface area (Å²) in [4.78, 5) is 0. The summed E-state index contributed by atoms with van der Waals surface area (Å²) < 4.78 is 2.02. The predicted molar refractivity (Wildman–Crippen MR) is 85.1 cm³/mol. The van der Waals surface area contributed by atoms with Gasteiger partial charge in [-0.1, -0.05) is 24.6 Å². The Hall–Kier alpha value is -1.32. The molecule has 1 N–H and O–H groups in total. The average Bonchev–Trinajstić information content (AvgIpc) is 2.80. The van der Waals surface area contributed by atoms with Gasteiger partial charge in [-0.25, -0.2) is 0 Å². The Kier molecular flexibility index (Phi) is 5.21. The van der Waals surface area contributed by atoms with Gasteiger partial charge in [0.15, 0.2) is 0 Å². The molecule has 108 valence electrons. The summed E-state index contributed by atoms with van der Waals surface area (Å²) in [6.45, 7) is 9.13. The lowest BCUT2D eigenvalue weighted by molar-refractivity contribution is 0.640. The minimum Gasteiger partial charge on any atom is -0.313 e. The number of hydrogen-bond acceptors (Lipinski definition) is 2. The molecule has 0 aliphatic heterocycles. The second kappa shape index (κ2) is 6.91. The largest absolute Gasteiger partial charge is 0.313 e. The Morgan fingerprint density at radius 2 is 2.05 bits per heavy atom. The molecule has 2 rings (SSSR count). The lowest BCUT2D eigenvalue weighted by Crippen LogP contribution is -2.14. The summed E-state index contributed by atoms with van der Waals surface area (Å²) in [6.07, 6.45) is 3.08. The van der Waals surface area contributed by atoms with Crippen LogP contribution in [0.15, 0.2) is 24.4 Å². The molecule has 20 heavy (non-hydrogen) atoms. The third kappa shape index (κ3) is 3.22. The van der Waals surface area contributed by atoms with Gasteiger partial charge in [-0.05, 0) is 50.1 Å². The van der Waals surface area contributed by atoms with Crippen molar-refractivity contribution in [1.82, 2.24) is 15.1 Å². The van der Waals surface area contributed by atoms with Gasteiger partial charge in [-0.15, -0.1) is 0 Å². The number of halogens is 1. The smallest absolute Gasteiger partial charge is 0.0571 e. The minimum absolute atomic E-state index is 0.780. The first kappa shape index (κ1) is 15.1. The number of aryl methyl sites for hydroxylation is 1. The number of nitrogens with one attached hydrogen (secondary N) is 1. The second-order valence-electron chi connectivity index (χ2n) is 4.94. The molecule has 1 aromatic heterocycles. The Morgan fingerprint density at radius 1 is 1.25 bits per heavy atom. The van der Waals surface area contributed by atoms with Crippen molar-refractivity contribution < 1.29 is 0 Å². The number of aromatic nitrogens is 2. The van der Waals surface area contributed by atoms with Gasteiger partial charge in [-0.2, -0.15) is 5.10 Å². The first-order chi connectivity index (χ1) is 9.67. The van der Waals surface area contributed by atoms with Crippen LogP contribution in [-0.2, 0) is 13.1 Å². The van der Waals surface area contributed by atoms with E-state index < -0.39 is 0 Å². The molecule has 0 spiro atoms. The maximum Gasteiger partial charge on any atom is 0.0571 e. The van der Waals surface area contributed by atoms with Crippen LogP contribution < -0.4 is 5.32 Å². The van der Waals surface area contributed by atoms with Gasteiger partial charge in [0.2, 0.25) is 0 Å². The van der Waals surface area contributed by atoms with E-state index in [4.69, 9.17) is 11.6 Å². The summed E-state index contributed by atoms with van der Waals surface area (Å²) in [5.41, 5.74) is 4.84. The molecule has 1 aromatic carbocycles. The maximum absolute atomic E-state index is 6.14. The molecule has 0 fully saturated rings. The highest BCUT2D eigenvalue weighted by atomic mass is 35.5. The highest BCUT2D eigenvalue weighted by Crippen LogP contribution is 2.29. The zero-order chi connectivity index (χ0) is 14.5. The van der Waals surface area contributed by atoms with E-state index in [9.17, 15) is 0 Å². The van der Waals surface area contributed by atoms with Crippen LogP contribution >= 0.6 is 11.6 Å². The Morgan fingerprint density at radius 3 is 2.70 bits per heavy atom. The molecule has 0 amide bonds. The Labute approximate surface area is 126 Å². The summed E-state index contributed by atoms with van der Waals surface area (Å²) in [6, 6.07) is 6.08. The number of nitrogens with zero attached hydrogens (tertiary/aromatic N) is 2. The molecule has 0 atom stereocenters. The van der Waals surface area contributed by atoms with Crippen LogP contribution in [0.25, 0.3) is 11.1 Å². The van der Waals surface area contributed by atoms with Crippen molar-refractivity contribution in [1.29, 1.82) is 0 Å². The van der Waals surface area contributed by atoms with E-state index in [0.717, 1.165) is 31.1 Å². The lowest BCUT2D eigenvalue weighted by Gasteiger charge is -2.11. The SMILES string of the molecule is CCCNCc1cc(Cl)ccc1-c1cnn(CC)c1C. The molecule has 0 bridgehead atoms. The summed E-state index contributed by atoms with van der Waals surface area (Å²) in [7, 11) is 0. The van der Waals surface area contributed by atoms with Crippen LogP contribution in [-0.4, -0.2) is 16.3 Å². The van der Waals surface area contributed by atoms with Crippen LogP contribution in [0.1, 0.15) is 31.5 Å². The summed E-state index contributed by atoms with van der Waals surface area (Å²) in [5.74, 6) is 0. The zero-order valence-electron chi connectivity index (χ0n) is 12.4. The molecule has 0 saturated heterocycles. The van der Waals surface area contributed by atoms with E-state index >= 15 is 0 Å². The number of rotatable bonds is 6. The van der Waals surface area contributed by atoms with Gasteiger partial charge < -0.3 is 5.32 Å². The third-order valence-corrected chi connectivity index (χ3v) is 3.74. The van der Waals surface area contributed by atoms with Crippen LogP contribution in [0.2, 0.25) is 5.02 Å². The van der Waals surface area contributed by atoms with Crippen LogP contribution in [0, 0.1) is 6.92 Å². The van der Waals surface area contributed by atoms with Crippen molar-refractivity contribution >= 4 is 11.6 Å². The number of hydrogen-bond donors (Lipinski definition) is 1. The van der Waals surface area contributed by atoms with Crippen molar-refractivity contribution in [2.75, 3.05) is 6.54 Å². The normalized spacial score (nSPS) is 11.0. The van der Waals surface area contributed by atoms with E-state index in [2.05, 4.69) is 37.3 Å². The van der Waals surface area contributed by atoms with Gasteiger partial charge in [-0.3, -0.25) is 4.68 Å². The predicted octanol–water partition coefficient (Wildman–Crippen LogP) is 4.03. The minimum atomic E-state index is 0.780. The monoisotopic (exact) mass is 291 g/mol. The Bertz CT molecular complexity index is 575. The molecule has 2 aromatic rings. The van der Waals surface area contributed by atoms with Gasteiger partial charge in [0.05, 0.1) is 6.20 Å². The molecular formula is C16H22ClN3. The van der Waals surface area contributed by atoms with E-state index in [-0.39, 0.29) is 0 Å². The van der Waals surface area contributed by atoms with E-state index in [1.54, 1.807) is 0 Å². The van der Waals surface area contributed by atoms with E-state index in [0.29, 0.717) is 0 Å². The molecule has 0 unspecified atom stereocenters. The van der Waals surface area contributed by atoms with E-state index in [1.807, 2.05) is 23.0 Å². The molecule has 0 aliphatic rings. The van der Waals surface area contributed by atoms with Gasteiger partial charge in [0, 0.05) is 29.4 Å². The average molecular weight is 292 g/mol. The maximum atomic E-state index is 6.14. The van der Waals surface area contributed by atoms with Crippen LogP contribution in [0.5, 0.6) is 0 Å². The summed E-state index contributed by atoms with van der Waals surface area (Å²) in [5, 5.41) is 8.66. The molecule has 3 nitrogen and oxygen atoms in total. The fourth-order valence-corrected chi connectivity index (χ4v) is 2.60. The molecule has 0 saturated carbocycles. The second-order valence-corrected chi connectivity index (χ2v) is 5.37. The van der Waals surface area contributed by atoms with Crippen molar-refractivity contribution in [2.24, 2.45) is 0 Å². The molecule has 1 heterocycles. The fraction of sp³-hybridized carbons (Fsp3) is 0.438. The Balaban J connectivity index is 2.36. The lowest BCUT2D eigenvalue weighted by atomic mass is 10.0. The molecule has 0 aliphatic carbocycles. The quantitative estimate of drug-likeness (QED) is 0.814. The van der Waals surface area contributed by atoms with Gasteiger partial charge in [0.25, 0.3) is 0 Å². The van der Waals surface area contributed by atoms with Crippen LogP contribution in [0.4, 0.5) is 0 Å². The number of benzene rings is 1. The van der Waals surface area contributed by atoms with E-state index in [1.165, 1.54) is 22.4 Å². The third-order valence-electron chi connectivity index (χ3n) is 3.50. The zero-order valence-corrected chi connectivity index (χ0v) is 13.2. The molecule has 4 heteroatoms. The first-order valence-corrected chi connectivity index (χ1v) is 7.57. The highest BCUT2D eigenvalue weighted by Gasteiger charge is 2.12. The first-order valence-electron chi connectivity index (χ1n) is 7.19. The van der Waals surface area contributed by atoms with Crippen molar-refractivity contribution in [2.45, 2.75) is 40.3 Å². The highest BCUT2D eigenvalue weighted by molar-refractivity contribution is 6.30. The molecule has 0 radical (unpaired) electrons.